The van der Waals surface area contributed by atoms with Crippen LogP contribution in [-0.4, -0.2) is 17.1 Å². The maximum Gasteiger partial charge on any atom is 0.133 e. The largest absolute Gasteiger partial charge is 0.496 e. The number of hydrogen-bond donors (Lipinski definition) is 0. The van der Waals surface area contributed by atoms with Crippen molar-refractivity contribution >= 4 is 11.6 Å². The molecule has 0 atom stereocenters. The standard InChI is InChI=1S/C13H13ClN2O/c1-17-12-5-3-2-4-10(12)8-13-15-7-6-11(9-14)16-13/h2-7H,8-9H2,1H3. The average molecular weight is 249 g/mol. The molecule has 17 heavy (non-hydrogen) atoms. The van der Waals surface area contributed by atoms with Gasteiger partial charge in [-0.05, 0) is 12.1 Å². The molecule has 0 saturated carbocycles. The van der Waals surface area contributed by atoms with E-state index in [9.17, 15) is 0 Å². The molecule has 0 saturated heterocycles. The van der Waals surface area contributed by atoms with Crippen LogP contribution in [0.4, 0.5) is 0 Å². The van der Waals surface area contributed by atoms with Crippen LogP contribution < -0.4 is 4.74 Å². The SMILES string of the molecule is COc1ccccc1Cc1nccc(CCl)n1. The van der Waals surface area contributed by atoms with Crippen LogP contribution in [0.2, 0.25) is 0 Å². The lowest BCUT2D eigenvalue weighted by Gasteiger charge is -2.07. The Morgan fingerprint density at radius 3 is 2.82 bits per heavy atom. The number of para-hydroxylation sites is 1. The molecule has 0 amide bonds. The Morgan fingerprint density at radius 2 is 2.06 bits per heavy atom. The van der Waals surface area contributed by atoms with Crippen molar-refractivity contribution in [3.63, 3.8) is 0 Å². The van der Waals surface area contributed by atoms with Gasteiger partial charge in [0.05, 0.1) is 18.7 Å². The lowest BCUT2D eigenvalue weighted by atomic mass is 10.1. The Morgan fingerprint density at radius 1 is 1.24 bits per heavy atom. The third kappa shape index (κ3) is 2.94. The zero-order valence-corrected chi connectivity index (χ0v) is 10.3. The van der Waals surface area contributed by atoms with Gasteiger partial charge in [-0.1, -0.05) is 18.2 Å². The minimum Gasteiger partial charge on any atom is -0.496 e. The van der Waals surface area contributed by atoms with Gasteiger partial charge in [-0.3, -0.25) is 0 Å². The first kappa shape index (κ1) is 11.9. The number of benzene rings is 1. The molecular weight excluding hydrogens is 236 g/mol. The third-order valence-corrected chi connectivity index (χ3v) is 2.71. The molecule has 0 unspecified atom stereocenters. The van der Waals surface area contributed by atoms with E-state index in [1.165, 1.54) is 0 Å². The number of hydrogen-bond acceptors (Lipinski definition) is 3. The van der Waals surface area contributed by atoms with E-state index >= 15 is 0 Å². The molecule has 0 aliphatic heterocycles. The van der Waals surface area contributed by atoms with Gasteiger partial charge >= 0.3 is 0 Å². The van der Waals surface area contributed by atoms with Gasteiger partial charge in [-0.25, -0.2) is 9.97 Å². The van der Waals surface area contributed by atoms with Crippen molar-refractivity contribution in [2.75, 3.05) is 7.11 Å². The molecule has 0 fully saturated rings. The summed E-state index contributed by atoms with van der Waals surface area (Å²) >= 11 is 5.75. The van der Waals surface area contributed by atoms with Crippen LogP contribution in [0.25, 0.3) is 0 Å². The van der Waals surface area contributed by atoms with E-state index in [0.717, 1.165) is 22.8 Å². The molecule has 3 nitrogen and oxygen atoms in total. The molecule has 1 heterocycles. The summed E-state index contributed by atoms with van der Waals surface area (Å²) in [6.07, 6.45) is 2.38. The molecule has 0 aliphatic rings. The van der Waals surface area contributed by atoms with E-state index in [1.54, 1.807) is 13.3 Å². The quantitative estimate of drug-likeness (QED) is 0.781. The fourth-order valence-electron chi connectivity index (χ4n) is 1.62. The highest BCUT2D eigenvalue weighted by Crippen LogP contribution is 2.19. The van der Waals surface area contributed by atoms with Crippen LogP contribution in [0.15, 0.2) is 36.5 Å². The van der Waals surface area contributed by atoms with Crippen LogP contribution in [0, 0.1) is 0 Å². The minimum atomic E-state index is 0.404. The highest BCUT2D eigenvalue weighted by molar-refractivity contribution is 6.16. The second kappa shape index (κ2) is 5.64. The van der Waals surface area contributed by atoms with Crippen LogP contribution in [0.5, 0.6) is 5.75 Å². The summed E-state index contributed by atoms with van der Waals surface area (Å²) in [5, 5.41) is 0. The topological polar surface area (TPSA) is 35.0 Å². The summed E-state index contributed by atoms with van der Waals surface area (Å²) in [6.45, 7) is 0. The fraction of sp³-hybridized carbons (Fsp3) is 0.231. The van der Waals surface area contributed by atoms with E-state index in [1.807, 2.05) is 30.3 Å². The zero-order valence-electron chi connectivity index (χ0n) is 9.56. The van der Waals surface area contributed by atoms with Crippen molar-refractivity contribution in [3.8, 4) is 5.75 Å². The van der Waals surface area contributed by atoms with Crippen LogP contribution in [0.3, 0.4) is 0 Å². The normalized spacial score (nSPS) is 10.2. The predicted octanol–water partition coefficient (Wildman–Crippen LogP) is 2.81. The van der Waals surface area contributed by atoms with Crippen molar-refractivity contribution in [1.82, 2.24) is 9.97 Å². The van der Waals surface area contributed by atoms with Crippen LogP contribution in [0.1, 0.15) is 17.1 Å². The Kier molecular flexibility index (Phi) is 3.94. The molecule has 88 valence electrons. The predicted molar refractivity (Wildman–Crippen MR) is 67.4 cm³/mol. The minimum absolute atomic E-state index is 0.404. The summed E-state index contributed by atoms with van der Waals surface area (Å²) < 4.78 is 5.29. The van der Waals surface area contributed by atoms with Crippen LogP contribution in [-0.2, 0) is 12.3 Å². The second-order valence-corrected chi connectivity index (χ2v) is 3.85. The lowest BCUT2D eigenvalue weighted by molar-refractivity contribution is 0.410. The number of halogens is 1. The summed E-state index contributed by atoms with van der Waals surface area (Å²) in [4.78, 5) is 8.60. The average Bonchev–Trinajstić information content (AvgIpc) is 2.39. The summed E-state index contributed by atoms with van der Waals surface area (Å²) in [7, 11) is 1.66. The molecule has 1 aromatic carbocycles. The molecule has 4 heteroatoms. The van der Waals surface area contributed by atoms with Crippen LogP contribution >= 0.6 is 11.6 Å². The van der Waals surface area contributed by atoms with Gasteiger partial charge in [0, 0.05) is 18.2 Å². The summed E-state index contributed by atoms with van der Waals surface area (Å²) in [6, 6.07) is 9.68. The monoisotopic (exact) mass is 248 g/mol. The van der Waals surface area contributed by atoms with Crippen molar-refractivity contribution in [2.45, 2.75) is 12.3 Å². The molecule has 0 N–H and O–H groups in total. The van der Waals surface area contributed by atoms with Gasteiger partial charge in [0.25, 0.3) is 0 Å². The Hall–Kier alpha value is -1.61. The molecule has 0 bridgehead atoms. The van der Waals surface area contributed by atoms with Gasteiger partial charge in [-0.15, -0.1) is 11.6 Å². The van der Waals surface area contributed by atoms with Gasteiger partial charge in [-0.2, -0.15) is 0 Å². The molecule has 2 aromatic rings. The molecular formula is C13H13ClN2O. The second-order valence-electron chi connectivity index (χ2n) is 3.59. The van der Waals surface area contributed by atoms with E-state index < -0.39 is 0 Å². The van der Waals surface area contributed by atoms with Crippen molar-refractivity contribution in [2.24, 2.45) is 0 Å². The van der Waals surface area contributed by atoms with Crippen molar-refractivity contribution < 1.29 is 4.74 Å². The molecule has 1 aromatic heterocycles. The zero-order chi connectivity index (χ0) is 12.1. The number of alkyl halides is 1. The van der Waals surface area contributed by atoms with E-state index in [2.05, 4.69) is 9.97 Å². The summed E-state index contributed by atoms with van der Waals surface area (Å²) in [5.74, 6) is 2.02. The summed E-state index contributed by atoms with van der Waals surface area (Å²) in [5.41, 5.74) is 1.91. The maximum absolute atomic E-state index is 5.75. The number of rotatable bonds is 4. The Labute approximate surface area is 105 Å². The number of methoxy groups -OCH3 is 1. The van der Waals surface area contributed by atoms with E-state index in [-0.39, 0.29) is 0 Å². The highest BCUT2D eigenvalue weighted by Gasteiger charge is 2.05. The van der Waals surface area contributed by atoms with Gasteiger partial charge in [0.1, 0.15) is 11.6 Å². The number of aromatic nitrogens is 2. The Balaban J connectivity index is 2.24. The molecule has 0 spiro atoms. The van der Waals surface area contributed by atoms with E-state index in [4.69, 9.17) is 16.3 Å². The maximum atomic E-state index is 5.75. The van der Waals surface area contributed by atoms with Gasteiger partial charge < -0.3 is 4.74 Å². The van der Waals surface area contributed by atoms with Gasteiger partial charge in [0.2, 0.25) is 0 Å². The first-order chi connectivity index (χ1) is 8.33. The third-order valence-electron chi connectivity index (χ3n) is 2.44. The fourth-order valence-corrected chi connectivity index (χ4v) is 1.77. The first-order valence-corrected chi connectivity index (χ1v) is 5.85. The number of ether oxygens (including phenoxy) is 1. The van der Waals surface area contributed by atoms with E-state index in [0.29, 0.717) is 12.3 Å². The number of nitrogens with zero attached hydrogens (tertiary/aromatic N) is 2. The molecule has 0 radical (unpaired) electrons. The highest BCUT2D eigenvalue weighted by atomic mass is 35.5. The smallest absolute Gasteiger partial charge is 0.133 e. The van der Waals surface area contributed by atoms with Crippen molar-refractivity contribution in [1.29, 1.82) is 0 Å². The van der Waals surface area contributed by atoms with Gasteiger partial charge in [0.15, 0.2) is 0 Å². The first-order valence-electron chi connectivity index (χ1n) is 5.32. The Bertz CT molecular complexity index is 502. The molecule has 0 aliphatic carbocycles. The lowest BCUT2D eigenvalue weighted by Crippen LogP contribution is -2.00. The van der Waals surface area contributed by atoms with Crippen molar-refractivity contribution in [3.05, 3.63) is 53.6 Å². The molecule has 2 rings (SSSR count).